The Morgan fingerprint density at radius 1 is 0.933 bits per heavy atom. The van der Waals surface area contributed by atoms with Gasteiger partial charge in [0.05, 0.1) is 0 Å². The summed E-state index contributed by atoms with van der Waals surface area (Å²) in [5, 5.41) is 0. The first-order chi connectivity index (χ1) is 6.95. The summed E-state index contributed by atoms with van der Waals surface area (Å²) in [4.78, 5) is 4.38. The van der Waals surface area contributed by atoms with Crippen LogP contribution in [-0.2, 0) is 0 Å². The van der Waals surface area contributed by atoms with Crippen molar-refractivity contribution in [3.05, 3.63) is 0 Å². The van der Waals surface area contributed by atoms with Crippen LogP contribution in [0.15, 0.2) is 0 Å². The predicted molar refractivity (Wildman–Crippen MR) is 73.6 cm³/mol. The zero-order valence-electron chi connectivity index (χ0n) is 12.6. The summed E-state index contributed by atoms with van der Waals surface area (Å²) in [6, 6.07) is 0.750. The molecule has 1 atom stereocenters. The zero-order valence-corrected chi connectivity index (χ0v) is 12.6. The van der Waals surface area contributed by atoms with Crippen molar-refractivity contribution in [1.29, 1.82) is 0 Å². The molecule has 0 aromatic carbocycles. The van der Waals surface area contributed by atoms with Crippen LogP contribution < -0.4 is 0 Å². The molecule has 0 spiro atoms. The van der Waals surface area contributed by atoms with Crippen molar-refractivity contribution in [3.8, 4) is 0 Å². The average Bonchev–Trinajstić information content (AvgIpc) is 2.22. The van der Waals surface area contributed by atoms with Crippen LogP contribution in [0.1, 0.15) is 47.5 Å². The second kappa shape index (κ2) is 16.4. The van der Waals surface area contributed by atoms with Crippen molar-refractivity contribution >= 4 is 0 Å². The summed E-state index contributed by atoms with van der Waals surface area (Å²) in [6.07, 6.45) is 2.60. The highest BCUT2D eigenvalue weighted by atomic mass is 15.1. The molecule has 0 rings (SSSR count). The fourth-order valence-electron chi connectivity index (χ4n) is 0.676. The van der Waals surface area contributed by atoms with Gasteiger partial charge < -0.3 is 9.80 Å². The van der Waals surface area contributed by atoms with Gasteiger partial charge in [0.25, 0.3) is 0 Å². The molecular weight excluding hydrogens is 184 g/mol. The SMILES string of the molecule is CC.CCCC(C)N(C)C.CCN(C)C. The van der Waals surface area contributed by atoms with Gasteiger partial charge in [-0.2, -0.15) is 0 Å². The molecule has 0 aliphatic rings. The van der Waals surface area contributed by atoms with Gasteiger partial charge in [0.1, 0.15) is 0 Å². The lowest BCUT2D eigenvalue weighted by Crippen LogP contribution is -2.23. The van der Waals surface area contributed by atoms with Crippen LogP contribution in [0.25, 0.3) is 0 Å². The van der Waals surface area contributed by atoms with Crippen LogP contribution in [0.3, 0.4) is 0 Å². The Kier molecular flexibility index (Phi) is 22.2. The standard InChI is InChI=1S/C7H17N.C4H11N.C2H6/c1-5-6-7(2)8(3)4;1-4-5(2)3;1-2/h7H,5-6H2,1-4H3;4H2,1-3H3;1-2H3. The molecule has 2 nitrogen and oxygen atoms in total. The predicted octanol–water partition coefficient (Wildman–Crippen LogP) is 3.33. The van der Waals surface area contributed by atoms with E-state index in [0.717, 1.165) is 12.6 Å². The number of nitrogens with zero attached hydrogens (tertiary/aromatic N) is 2. The highest BCUT2D eigenvalue weighted by Gasteiger charge is 1.99. The van der Waals surface area contributed by atoms with Crippen molar-refractivity contribution < 1.29 is 0 Å². The Hall–Kier alpha value is -0.0800. The molecule has 15 heavy (non-hydrogen) atoms. The third kappa shape index (κ3) is 24.9. The van der Waals surface area contributed by atoms with Crippen LogP contribution in [0.5, 0.6) is 0 Å². The molecule has 0 aliphatic carbocycles. The highest BCUT2D eigenvalue weighted by Crippen LogP contribution is 1.99. The van der Waals surface area contributed by atoms with E-state index in [4.69, 9.17) is 0 Å². The molecule has 0 saturated carbocycles. The maximum absolute atomic E-state index is 2.25. The molecule has 0 aromatic rings. The fourth-order valence-corrected chi connectivity index (χ4v) is 0.676. The maximum atomic E-state index is 2.25. The average molecular weight is 218 g/mol. The molecule has 0 fully saturated rings. The topological polar surface area (TPSA) is 6.48 Å². The molecule has 0 heterocycles. The first-order valence-electron chi connectivity index (χ1n) is 6.26. The first-order valence-corrected chi connectivity index (χ1v) is 6.26. The van der Waals surface area contributed by atoms with Crippen molar-refractivity contribution in [3.63, 3.8) is 0 Å². The molecule has 0 radical (unpaired) electrons. The second-order valence-corrected chi connectivity index (χ2v) is 4.00. The second-order valence-electron chi connectivity index (χ2n) is 4.00. The highest BCUT2D eigenvalue weighted by molar-refractivity contribution is 4.56. The van der Waals surface area contributed by atoms with Crippen LogP contribution in [-0.4, -0.2) is 50.6 Å². The van der Waals surface area contributed by atoms with E-state index in [1.54, 1.807) is 0 Å². The largest absolute Gasteiger partial charge is 0.310 e. The van der Waals surface area contributed by atoms with Gasteiger partial charge in [-0.25, -0.2) is 0 Å². The van der Waals surface area contributed by atoms with Crippen molar-refractivity contribution in [1.82, 2.24) is 9.80 Å². The lowest BCUT2D eigenvalue weighted by Gasteiger charge is -2.17. The smallest absolute Gasteiger partial charge is 0.00607 e. The van der Waals surface area contributed by atoms with E-state index in [1.807, 2.05) is 13.8 Å². The summed E-state index contributed by atoms with van der Waals surface area (Å²) < 4.78 is 0. The Balaban J connectivity index is -0.000000177. The van der Waals surface area contributed by atoms with Crippen molar-refractivity contribution in [2.45, 2.75) is 53.5 Å². The lowest BCUT2D eigenvalue weighted by atomic mass is 10.2. The van der Waals surface area contributed by atoms with E-state index in [2.05, 4.69) is 58.8 Å². The van der Waals surface area contributed by atoms with Gasteiger partial charge in [-0.1, -0.05) is 34.1 Å². The Bertz CT molecular complexity index is 90.5. The van der Waals surface area contributed by atoms with Crippen LogP contribution >= 0.6 is 0 Å². The molecule has 1 unspecified atom stereocenters. The maximum Gasteiger partial charge on any atom is 0.00607 e. The van der Waals surface area contributed by atoms with Crippen molar-refractivity contribution in [2.24, 2.45) is 0 Å². The molecule has 0 aromatic heterocycles. The Labute approximate surface area is 98.6 Å². The minimum Gasteiger partial charge on any atom is -0.310 e. The minimum atomic E-state index is 0.750. The minimum absolute atomic E-state index is 0.750. The van der Waals surface area contributed by atoms with E-state index in [1.165, 1.54) is 12.8 Å². The van der Waals surface area contributed by atoms with Crippen LogP contribution in [0.4, 0.5) is 0 Å². The summed E-state index contributed by atoms with van der Waals surface area (Å²) in [6.45, 7) is 11.7. The van der Waals surface area contributed by atoms with E-state index >= 15 is 0 Å². The summed E-state index contributed by atoms with van der Waals surface area (Å²) in [5.74, 6) is 0. The molecule has 96 valence electrons. The summed E-state index contributed by atoms with van der Waals surface area (Å²) in [7, 11) is 8.36. The normalized spacial score (nSPS) is 11.4. The molecule has 0 saturated heterocycles. The van der Waals surface area contributed by atoms with Crippen LogP contribution in [0, 0.1) is 0 Å². The quantitative estimate of drug-likeness (QED) is 0.714. The molecular formula is C13H34N2. The zero-order chi connectivity index (χ0) is 12.9. The Morgan fingerprint density at radius 2 is 1.27 bits per heavy atom. The van der Waals surface area contributed by atoms with Crippen LogP contribution in [0.2, 0.25) is 0 Å². The molecule has 2 heteroatoms. The summed E-state index contributed by atoms with van der Waals surface area (Å²) in [5.41, 5.74) is 0. The van der Waals surface area contributed by atoms with Gasteiger partial charge in [0.2, 0.25) is 0 Å². The van der Waals surface area contributed by atoms with Gasteiger partial charge >= 0.3 is 0 Å². The van der Waals surface area contributed by atoms with Gasteiger partial charge in [-0.05, 0) is 48.1 Å². The van der Waals surface area contributed by atoms with Crippen molar-refractivity contribution in [2.75, 3.05) is 34.7 Å². The number of rotatable bonds is 4. The molecule has 0 amide bonds. The first kappa shape index (κ1) is 20.3. The number of hydrogen-bond acceptors (Lipinski definition) is 2. The van der Waals surface area contributed by atoms with Gasteiger partial charge in [-0.3, -0.25) is 0 Å². The van der Waals surface area contributed by atoms with E-state index in [0.29, 0.717) is 0 Å². The van der Waals surface area contributed by atoms with E-state index < -0.39 is 0 Å². The molecule has 0 N–H and O–H groups in total. The lowest BCUT2D eigenvalue weighted by molar-refractivity contribution is 0.297. The van der Waals surface area contributed by atoms with Gasteiger partial charge in [-0.15, -0.1) is 0 Å². The molecule has 0 aliphatic heterocycles. The molecule has 0 bridgehead atoms. The third-order valence-corrected chi connectivity index (χ3v) is 2.22. The fraction of sp³-hybridized carbons (Fsp3) is 1.00. The van der Waals surface area contributed by atoms with Gasteiger partial charge in [0, 0.05) is 6.04 Å². The van der Waals surface area contributed by atoms with E-state index in [9.17, 15) is 0 Å². The van der Waals surface area contributed by atoms with Gasteiger partial charge in [0.15, 0.2) is 0 Å². The third-order valence-electron chi connectivity index (χ3n) is 2.22. The monoisotopic (exact) mass is 218 g/mol. The van der Waals surface area contributed by atoms with E-state index in [-0.39, 0.29) is 0 Å². The number of hydrogen-bond donors (Lipinski definition) is 0. The Morgan fingerprint density at radius 3 is 1.33 bits per heavy atom. The summed E-state index contributed by atoms with van der Waals surface area (Å²) >= 11 is 0.